The third-order valence-corrected chi connectivity index (χ3v) is 1.88. The van der Waals surface area contributed by atoms with Crippen LogP contribution in [0.15, 0.2) is 0 Å². The van der Waals surface area contributed by atoms with E-state index in [1.165, 1.54) is 0 Å². The Kier molecular flexibility index (Phi) is 2.46. The van der Waals surface area contributed by atoms with E-state index in [9.17, 15) is 4.79 Å². The van der Waals surface area contributed by atoms with Crippen molar-refractivity contribution in [2.24, 2.45) is 11.7 Å². The Balaban J connectivity index is 2.53. The van der Waals surface area contributed by atoms with Crippen LogP contribution in [-0.4, -0.2) is 44.2 Å². The molecular formula is C7H14N2O2. The van der Waals surface area contributed by atoms with Crippen LogP contribution in [0.4, 0.5) is 0 Å². The van der Waals surface area contributed by atoms with E-state index < -0.39 is 0 Å². The minimum atomic E-state index is -0.134. The second-order valence-corrected chi connectivity index (χ2v) is 3.04. The fraction of sp³-hybridized carbons (Fsp3) is 0.857. The monoisotopic (exact) mass is 158 g/mol. The van der Waals surface area contributed by atoms with E-state index in [-0.39, 0.29) is 17.9 Å². The Morgan fingerprint density at radius 3 is 2.55 bits per heavy atom. The summed E-state index contributed by atoms with van der Waals surface area (Å²) in [4.78, 5) is 12.9. The normalized spacial score (nSPS) is 30.5. The van der Waals surface area contributed by atoms with Gasteiger partial charge in [0.05, 0.1) is 19.1 Å². The highest BCUT2D eigenvalue weighted by Gasteiger charge is 2.32. The lowest BCUT2D eigenvalue weighted by Crippen LogP contribution is -2.40. The van der Waals surface area contributed by atoms with Crippen molar-refractivity contribution >= 4 is 5.91 Å². The van der Waals surface area contributed by atoms with E-state index in [1.807, 2.05) is 0 Å². The van der Waals surface area contributed by atoms with Crippen LogP contribution in [0.1, 0.15) is 0 Å². The fourth-order valence-corrected chi connectivity index (χ4v) is 1.16. The van der Waals surface area contributed by atoms with Crippen molar-refractivity contribution in [2.75, 3.05) is 27.3 Å². The van der Waals surface area contributed by atoms with Gasteiger partial charge in [-0.1, -0.05) is 0 Å². The van der Waals surface area contributed by atoms with Crippen LogP contribution in [0.5, 0.6) is 0 Å². The molecule has 1 heterocycles. The van der Waals surface area contributed by atoms with Gasteiger partial charge in [0.1, 0.15) is 0 Å². The van der Waals surface area contributed by atoms with E-state index in [0.717, 1.165) is 0 Å². The van der Waals surface area contributed by atoms with Crippen LogP contribution in [0.2, 0.25) is 0 Å². The van der Waals surface area contributed by atoms with Crippen LogP contribution in [0.25, 0.3) is 0 Å². The minimum Gasteiger partial charge on any atom is -0.379 e. The molecule has 1 saturated heterocycles. The summed E-state index contributed by atoms with van der Waals surface area (Å²) < 4.78 is 5.07. The van der Waals surface area contributed by atoms with Crippen LogP contribution >= 0.6 is 0 Å². The van der Waals surface area contributed by atoms with Crippen molar-refractivity contribution in [2.45, 2.75) is 6.04 Å². The molecule has 2 unspecified atom stereocenters. The van der Waals surface area contributed by atoms with Crippen molar-refractivity contribution in [3.8, 4) is 0 Å². The molecule has 1 aliphatic heterocycles. The molecule has 2 atom stereocenters. The molecule has 0 aromatic carbocycles. The van der Waals surface area contributed by atoms with Crippen LogP contribution in [0, 0.1) is 5.92 Å². The summed E-state index contributed by atoms with van der Waals surface area (Å²) in [7, 11) is 3.46. The SMILES string of the molecule is CN(C)C(=O)C1COCC1N. The van der Waals surface area contributed by atoms with Gasteiger partial charge in [-0.05, 0) is 0 Å². The highest BCUT2D eigenvalue weighted by molar-refractivity contribution is 5.79. The summed E-state index contributed by atoms with van der Waals surface area (Å²) in [5.74, 6) is -0.0694. The highest BCUT2D eigenvalue weighted by Crippen LogP contribution is 2.13. The van der Waals surface area contributed by atoms with Gasteiger partial charge in [0.15, 0.2) is 0 Å². The third-order valence-electron chi connectivity index (χ3n) is 1.88. The molecule has 0 bridgehead atoms. The van der Waals surface area contributed by atoms with E-state index in [2.05, 4.69) is 0 Å². The maximum atomic E-state index is 11.3. The number of carbonyl (C=O) groups is 1. The average molecular weight is 158 g/mol. The molecule has 0 radical (unpaired) electrons. The fourth-order valence-electron chi connectivity index (χ4n) is 1.16. The molecule has 0 aromatic heterocycles. The van der Waals surface area contributed by atoms with Gasteiger partial charge < -0.3 is 15.4 Å². The molecule has 1 fully saturated rings. The average Bonchev–Trinajstić information content (AvgIpc) is 2.33. The number of hydrogen-bond acceptors (Lipinski definition) is 3. The second-order valence-electron chi connectivity index (χ2n) is 3.04. The van der Waals surface area contributed by atoms with Gasteiger partial charge in [-0.25, -0.2) is 0 Å². The molecule has 1 rings (SSSR count). The number of nitrogens with zero attached hydrogens (tertiary/aromatic N) is 1. The molecule has 4 heteroatoms. The predicted octanol–water partition coefficient (Wildman–Crippen LogP) is -0.952. The zero-order chi connectivity index (χ0) is 8.43. The van der Waals surface area contributed by atoms with Gasteiger partial charge in [0, 0.05) is 20.1 Å². The zero-order valence-electron chi connectivity index (χ0n) is 6.91. The van der Waals surface area contributed by atoms with Crippen LogP contribution < -0.4 is 5.73 Å². The smallest absolute Gasteiger partial charge is 0.229 e. The summed E-state index contributed by atoms with van der Waals surface area (Å²) in [5, 5.41) is 0. The first kappa shape index (κ1) is 8.49. The van der Waals surface area contributed by atoms with Gasteiger partial charge in [-0.2, -0.15) is 0 Å². The number of amides is 1. The van der Waals surface area contributed by atoms with Crippen LogP contribution in [0.3, 0.4) is 0 Å². The predicted molar refractivity (Wildman–Crippen MR) is 41.0 cm³/mol. The number of rotatable bonds is 1. The lowest BCUT2D eigenvalue weighted by atomic mass is 10.0. The maximum absolute atomic E-state index is 11.3. The molecule has 0 saturated carbocycles. The summed E-state index contributed by atoms with van der Waals surface area (Å²) in [6.07, 6.45) is 0. The first-order chi connectivity index (χ1) is 5.13. The van der Waals surface area contributed by atoms with Crippen molar-refractivity contribution < 1.29 is 9.53 Å². The lowest BCUT2D eigenvalue weighted by Gasteiger charge is -2.17. The lowest BCUT2D eigenvalue weighted by molar-refractivity contribution is -0.133. The number of nitrogens with two attached hydrogens (primary N) is 1. The number of carbonyl (C=O) groups excluding carboxylic acids is 1. The zero-order valence-corrected chi connectivity index (χ0v) is 6.91. The van der Waals surface area contributed by atoms with E-state index >= 15 is 0 Å². The van der Waals surface area contributed by atoms with Crippen molar-refractivity contribution in [1.29, 1.82) is 0 Å². The molecule has 1 amide bonds. The third kappa shape index (κ3) is 1.70. The Hall–Kier alpha value is -0.610. The molecule has 4 nitrogen and oxygen atoms in total. The van der Waals surface area contributed by atoms with Crippen LogP contribution in [-0.2, 0) is 9.53 Å². The van der Waals surface area contributed by atoms with E-state index in [1.54, 1.807) is 19.0 Å². The summed E-state index contributed by atoms with van der Waals surface area (Å²) in [6, 6.07) is -0.120. The quantitative estimate of drug-likeness (QED) is 0.535. The molecule has 0 aromatic rings. The van der Waals surface area contributed by atoms with E-state index in [4.69, 9.17) is 10.5 Å². The maximum Gasteiger partial charge on any atom is 0.229 e. The Morgan fingerprint density at radius 1 is 1.55 bits per heavy atom. The van der Waals surface area contributed by atoms with Gasteiger partial charge >= 0.3 is 0 Å². The molecule has 64 valence electrons. The van der Waals surface area contributed by atoms with Crippen molar-refractivity contribution in [3.05, 3.63) is 0 Å². The Labute approximate surface area is 66.3 Å². The van der Waals surface area contributed by atoms with Crippen molar-refractivity contribution in [1.82, 2.24) is 4.90 Å². The number of ether oxygens (including phenoxy) is 1. The molecule has 0 spiro atoms. The molecule has 11 heavy (non-hydrogen) atoms. The first-order valence-corrected chi connectivity index (χ1v) is 3.67. The molecule has 2 N–H and O–H groups in total. The Bertz CT molecular complexity index is 159. The topological polar surface area (TPSA) is 55.6 Å². The first-order valence-electron chi connectivity index (χ1n) is 3.67. The highest BCUT2D eigenvalue weighted by atomic mass is 16.5. The van der Waals surface area contributed by atoms with Gasteiger partial charge in [-0.15, -0.1) is 0 Å². The standard InChI is InChI=1S/C7H14N2O2/c1-9(2)7(10)5-3-11-4-6(5)8/h5-6H,3-4,8H2,1-2H3. The summed E-state index contributed by atoms with van der Waals surface area (Å²) >= 11 is 0. The summed E-state index contributed by atoms with van der Waals surface area (Å²) in [6.45, 7) is 0.975. The number of hydrogen-bond donors (Lipinski definition) is 1. The van der Waals surface area contributed by atoms with Crippen molar-refractivity contribution in [3.63, 3.8) is 0 Å². The molecule has 0 aliphatic carbocycles. The van der Waals surface area contributed by atoms with E-state index in [0.29, 0.717) is 13.2 Å². The van der Waals surface area contributed by atoms with Gasteiger partial charge in [-0.3, -0.25) is 4.79 Å². The molecular weight excluding hydrogens is 144 g/mol. The molecule has 1 aliphatic rings. The van der Waals surface area contributed by atoms with Gasteiger partial charge in [0.25, 0.3) is 0 Å². The summed E-state index contributed by atoms with van der Waals surface area (Å²) in [5.41, 5.74) is 5.65. The minimum absolute atomic E-state index is 0.0648. The Morgan fingerprint density at radius 2 is 2.18 bits per heavy atom. The second kappa shape index (κ2) is 3.19. The van der Waals surface area contributed by atoms with Gasteiger partial charge in [0.2, 0.25) is 5.91 Å². The largest absolute Gasteiger partial charge is 0.379 e.